The minimum Gasteiger partial charge on any atom is -0.354 e. The molecule has 0 aliphatic carbocycles. The van der Waals surface area contributed by atoms with Gasteiger partial charge < -0.3 is 10.2 Å². The van der Waals surface area contributed by atoms with Gasteiger partial charge in [-0.05, 0) is 50.5 Å². The Morgan fingerprint density at radius 2 is 1.69 bits per heavy atom. The van der Waals surface area contributed by atoms with Gasteiger partial charge in [0.15, 0.2) is 0 Å². The van der Waals surface area contributed by atoms with Crippen LogP contribution in [0.3, 0.4) is 0 Å². The van der Waals surface area contributed by atoms with Crippen molar-refractivity contribution in [3.8, 4) is 0 Å². The lowest BCUT2D eigenvalue weighted by Crippen LogP contribution is -2.51. The van der Waals surface area contributed by atoms with Crippen LogP contribution in [-0.4, -0.2) is 50.5 Å². The number of sulfonamides is 1. The standard InChI is InChI=1S/C24H33N3O4S/c1-6-14-25-24(29)20(4)26(16-21-12-10-18(2)11-13-21)23(28)17-27(32(5,30)31)22-9-7-8-19(3)15-22/h7-13,15,20H,6,14,16-17H2,1-5H3,(H,25,29)/t20-/m1/s1. The Morgan fingerprint density at radius 1 is 1.03 bits per heavy atom. The number of hydrogen-bond donors (Lipinski definition) is 1. The molecule has 2 amide bonds. The van der Waals surface area contributed by atoms with E-state index in [1.54, 1.807) is 25.1 Å². The molecule has 0 unspecified atom stereocenters. The Morgan fingerprint density at radius 3 is 2.25 bits per heavy atom. The quantitative estimate of drug-likeness (QED) is 0.592. The fraction of sp³-hybridized carbons (Fsp3) is 0.417. The third-order valence-electron chi connectivity index (χ3n) is 5.16. The molecule has 7 nitrogen and oxygen atoms in total. The summed E-state index contributed by atoms with van der Waals surface area (Å²) in [5.41, 5.74) is 3.25. The molecule has 0 aromatic heterocycles. The number of hydrogen-bond acceptors (Lipinski definition) is 4. The van der Waals surface area contributed by atoms with Gasteiger partial charge in [-0.15, -0.1) is 0 Å². The van der Waals surface area contributed by atoms with Crippen molar-refractivity contribution < 1.29 is 18.0 Å². The number of benzene rings is 2. The molecule has 0 saturated heterocycles. The molecule has 0 radical (unpaired) electrons. The molecule has 2 aromatic carbocycles. The Hall–Kier alpha value is -2.87. The molecule has 1 N–H and O–H groups in total. The van der Waals surface area contributed by atoms with E-state index < -0.39 is 22.0 Å². The highest BCUT2D eigenvalue weighted by atomic mass is 32.2. The average Bonchev–Trinajstić information content (AvgIpc) is 2.73. The highest BCUT2D eigenvalue weighted by molar-refractivity contribution is 7.92. The minimum absolute atomic E-state index is 0.200. The minimum atomic E-state index is -3.72. The van der Waals surface area contributed by atoms with Crippen LogP contribution < -0.4 is 9.62 Å². The Bertz CT molecular complexity index is 1040. The molecule has 0 saturated carbocycles. The molecule has 0 fully saturated rings. The zero-order valence-electron chi connectivity index (χ0n) is 19.5. The number of nitrogens with one attached hydrogen (secondary N) is 1. The Balaban J connectivity index is 2.35. The molecule has 8 heteroatoms. The molecular formula is C24H33N3O4S. The van der Waals surface area contributed by atoms with Gasteiger partial charge in [-0.25, -0.2) is 8.42 Å². The number of carbonyl (C=O) groups excluding carboxylic acids is 2. The number of carbonyl (C=O) groups is 2. The van der Waals surface area contributed by atoms with Crippen LogP contribution in [0.5, 0.6) is 0 Å². The summed E-state index contributed by atoms with van der Waals surface area (Å²) in [6, 6.07) is 13.9. The van der Waals surface area contributed by atoms with E-state index in [2.05, 4.69) is 5.32 Å². The largest absolute Gasteiger partial charge is 0.354 e. The van der Waals surface area contributed by atoms with E-state index in [-0.39, 0.29) is 19.0 Å². The summed E-state index contributed by atoms with van der Waals surface area (Å²) in [5.74, 6) is -0.717. The first-order valence-electron chi connectivity index (χ1n) is 10.7. The summed E-state index contributed by atoms with van der Waals surface area (Å²) >= 11 is 0. The van der Waals surface area contributed by atoms with Crippen molar-refractivity contribution in [1.82, 2.24) is 10.2 Å². The SMILES string of the molecule is CCCNC(=O)[C@@H](C)N(Cc1ccc(C)cc1)C(=O)CN(c1cccc(C)c1)S(C)(=O)=O. The average molecular weight is 460 g/mol. The Kier molecular flexibility index (Phi) is 8.83. The van der Waals surface area contributed by atoms with Gasteiger partial charge in [-0.3, -0.25) is 13.9 Å². The predicted octanol–water partition coefficient (Wildman–Crippen LogP) is 3.01. The second-order valence-corrected chi connectivity index (χ2v) is 9.99. The van der Waals surface area contributed by atoms with Crippen LogP contribution in [0.25, 0.3) is 0 Å². The highest BCUT2D eigenvalue weighted by Crippen LogP contribution is 2.20. The maximum atomic E-state index is 13.4. The van der Waals surface area contributed by atoms with E-state index in [0.29, 0.717) is 12.2 Å². The zero-order valence-corrected chi connectivity index (χ0v) is 20.3. The van der Waals surface area contributed by atoms with Gasteiger partial charge in [0.05, 0.1) is 11.9 Å². The molecule has 2 aromatic rings. The summed E-state index contributed by atoms with van der Waals surface area (Å²) in [5, 5.41) is 2.82. The molecule has 0 aliphatic rings. The van der Waals surface area contributed by atoms with Crippen molar-refractivity contribution in [3.63, 3.8) is 0 Å². The molecule has 0 bridgehead atoms. The summed E-state index contributed by atoms with van der Waals surface area (Å²) in [4.78, 5) is 27.5. The lowest BCUT2D eigenvalue weighted by Gasteiger charge is -2.31. The van der Waals surface area contributed by atoms with Gasteiger partial charge in [0, 0.05) is 13.1 Å². The summed E-state index contributed by atoms with van der Waals surface area (Å²) < 4.78 is 26.1. The normalized spacial score (nSPS) is 12.2. The second-order valence-electron chi connectivity index (χ2n) is 8.08. The van der Waals surface area contributed by atoms with Gasteiger partial charge in [0.2, 0.25) is 21.8 Å². The highest BCUT2D eigenvalue weighted by Gasteiger charge is 2.29. The van der Waals surface area contributed by atoms with Gasteiger partial charge in [-0.2, -0.15) is 0 Å². The molecule has 0 heterocycles. The van der Waals surface area contributed by atoms with Crippen molar-refractivity contribution >= 4 is 27.5 Å². The third kappa shape index (κ3) is 7.09. The van der Waals surface area contributed by atoms with E-state index >= 15 is 0 Å². The topological polar surface area (TPSA) is 86.8 Å². The summed E-state index contributed by atoms with van der Waals surface area (Å²) in [6.45, 7) is 7.76. The molecule has 2 rings (SSSR count). The van der Waals surface area contributed by atoms with Crippen molar-refractivity contribution in [2.75, 3.05) is 23.7 Å². The van der Waals surface area contributed by atoms with E-state index in [1.807, 2.05) is 51.1 Å². The number of aryl methyl sites for hydroxylation is 2. The van der Waals surface area contributed by atoms with E-state index in [1.165, 1.54) is 4.90 Å². The summed E-state index contributed by atoms with van der Waals surface area (Å²) in [7, 11) is -3.72. The van der Waals surface area contributed by atoms with Crippen molar-refractivity contribution in [2.45, 2.75) is 46.7 Å². The monoisotopic (exact) mass is 459 g/mol. The lowest BCUT2D eigenvalue weighted by atomic mass is 10.1. The number of amides is 2. The number of anilines is 1. The smallest absolute Gasteiger partial charge is 0.244 e. The predicted molar refractivity (Wildman–Crippen MR) is 128 cm³/mol. The van der Waals surface area contributed by atoms with Crippen molar-refractivity contribution in [1.29, 1.82) is 0 Å². The molecular weight excluding hydrogens is 426 g/mol. The second kappa shape index (κ2) is 11.1. The van der Waals surface area contributed by atoms with Crippen LogP contribution in [0.15, 0.2) is 48.5 Å². The zero-order chi connectivity index (χ0) is 23.9. The number of nitrogens with zero attached hydrogens (tertiary/aromatic N) is 2. The van der Waals surface area contributed by atoms with E-state index in [0.717, 1.165) is 33.7 Å². The van der Waals surface area contributed by atoms with Crippen molar-refractivity contribution in [3.05, 3.63) is 65.2 Å². The first kappa shape index (κ1) is 25.4. The van der Waals surface area contributed by atoms with E-state index in [4.69, 9.17) is 0 Å². The van der Waals surface area contributed by atoms with E-state index in [9.17, 15) is 18.0 Å². The van der Waals surface area contributed by atoms with Gasteiger partial charge in [0.1, 0.15) is 12.6 Å². The molecule has 32 heavy (non-hydrogen) atoms. The Labute approximate surface area is 191 Å². The molecule has 0 aliphatic heterocycles. The van der Waals surface area contributed by atoms with Gasteiger partial charge in [-0.1, -0.05) is 48.9 Å². The fourth-order valence-corrected chi connectivity index (χ4v) is 4.11. The lowest BCUT2D eigenvalue weighted by molar-refractivity contribution is -0.139. The number of rotatable bonds is 10. The molecule has 1 atom stereocenters. The maximum Gasteiger partial charge on any atom is 0.244 e. The van der Waals surface area contributed by atoms with Crippen LogP contribution in [-0.2, 0) is 26.2 Å². The molecule has 174 valence electrons. The van der Waals surface area contributed by atoms with Crippen LogP contribution >= 0.6 is 0 Å². The van der Waals surface area contributed by atoms with Crippen LogP contribution in [0.4, 0.5) is 5.69 Å². The van der Waals surface area contributed by atoms with Gasteiger partial charge >= 0.3 is 0 Å². The summed E-state index contributed by atoms with van der Waals surface area (Å²) in [6.07, 6.45) is 1.85. The third-order valence-corrected chi connectivity index (χ3v) is 6.30. The van der Waals surface area contributed by atoms with Crippen LogP contribution in [0.1, 0.15) is 37.0 Å². The fourth-order valence-electron chi connectivity index (χ4n) is 3.27. The molecule has 0 spiro atoms. The first-order valence-corrected chi connectivity index (χ1v) is 12.5. The van der Waals surface area contributed by atoms with Crippen LogP contribution in [0.2, 0.25) is 0 Å². The van der Waals surface area contributed by atoms with Crippen LogP contribution in [0, 0.1) is 13.8 Å². The first-order chi connectivity index (χ1) is 15.0. The van der Waals surface area contributed by atoms with Crippen molar-refractivity contribution in [2.24, 2.45) is 0 Å². The van der Waals surface area contributed by atoms with Gasteiger partial charge in [0.25, 0.3) is 0 Å². The maximum absolute atomic E-state index is 13.4.